The van der Waals surface area contributed by atoms with Crippen LogP contribution in [0.15, 0.2) is 74.1 Å². The lowest BCUT2D eigenvalue weighted by Crippen LogP contribution is -2.46. The van der Waals surface area contributed by atoms with Gasteiger partial charge in [-0.25, -0.2) is 19.2 Å². The van der Waals surface area contributed by atoms with E-state index in [1.807, 2.05) is 50.0 Å². The number of nitrogens with zero attached hydrogens (tertiary/aromatic N) is 7. The maximum absolute atomic E-state index is 13.2. The molecule has 10 heterocycles. The van der Waals surface area contributed by atoms with Gasteiger partial charge < -0.3 is 105 Å². The molecule has 5 aromatic heterocycles. The van der Waals surface area contributed by atoms with E-state index >= 15 is 0 Å². The summed E-state index contributed by atoms with van der Waals surface area (Å²) < 4.78 is 153. The standard InChI is InChI=1S/C22H33F3N3O8P.C17H25F3N3O6P.C17H28N3O6P.C16H23F3N3O5PS.C15H26N3O5P/c1-21(2,3)36-14(29)11-27(19(33)22(23,24)25)9-12-10-28(20(34)26-17(12)32)18-16(31)15(30)13(35-18)7-8-37(4,5)6;1-22(15(27)17(18,19)20)7-9-8-23(16(28)21-13(9)26)14-12(25)11(24)10(29-14)5-6-30(2,3)4;1-10(21)7-18-8-11-9-20(17(25)19-15(11)24)16-14(23)13(22)12(26-16)5-6-27(2,3)4;1-28(2,3)5-4-9-10(23)11(24)13(27-9)22-7-8(12(25)21-15(22)29)6-20-14(26)16(17,18)19;1-16-7-9-8-18(15(22)17-13(9)21)14-12(20)11(19)10(23-14)5-6-24(2,3)4/h10,13,15-16,18,30-31H,4,7-9,11H2,1-3,5-6H3,(H,26,32,34);8,10-12,14,24-25H,2,5-7H2,1,3-4H3,(H,21,26,28);9,12-14,16,18,22-23H,2,5-8H2,1,3-4H3,(H,19,24,25);7,9-11,13,23-24H,1,4-6H2,2-3H3,(H,20,26)(H,21,25,29);8,10-12,14,16,19-20H,2,5-7H2,1,3-4H3,(H,17,21,22)/t13-,15-,16-,18-;10-,11-,12-,14-;12-,13-,14-,16-;9-,10-,11-,13-;10-,11-,12-,14-/m11111/s1. The van der Waals surface area contributed by atoms with Crippen molar-refractivity contribution in [3.05, 3.63) is 157 Å². The molecule has 45 nitrogen and oxygen atoms in total. The molecule has 10 rings (SSSR count). The van der Waals surface area contributed by atoms with E-state index in [0.717, 1.165) is 60.8 Å². The van der Waals surface area contributed by atoms with Gasteiger partial charge in [0.1, 0.15) is 79.0 Å². The molecule has 0 aliphatic carbocycles. The number of aliphatic hydroxyl groups excluding tert-OH is 10. The number of carbonyl (C=O) groups is 5. The van der Waals surface area contributed by atoms with Crippen LogP contribution >= 0.6 is 46.6 Å². The molecule has 0 saturated carbocycles. The van der Waals surface area contributed by atoms with Crippen LogP contribution in [-0.2, 0) is 85.1 Å². The number of hydrogen-bond donors (Lipinski definition) is 18. The Morgan fingerprint density at radius 3 is 0.952 bits per heavy atom. The zero-order chi connectivity index (χ0) is 112. The second kappa shape index (κ2) is 51.8. The van der Waals surface area contributed by atoms with Crippen LogP contribution in [0.25, 0.3) is 0 Å². The molecule has 3 amide bonds. The third-order valence-electron chi connectivity index (χ3n) is 22.7. The van der Waals surface area contributed by atoms with Crippen LogP contribution in [0.4, 0.5) is 39.5 Å². The molecule has 832 valence electrons. The number of carbonyl (C=O) groups excluding carboxylic acids is 5. The second-order valence-corrected chi connectivity index (χ2v) is 62.5. The molecule has 5 aromatic rings. The van der Waals surface area contributed by atoms with Gasteiger partial charge in [0.05, 0.1) is 66.8 Å². The highest BCUT2D eigenvalue weighted by atomic mass is 32.1. The Morgan fingerprint density at radius 2 is 0.673 bits per heavy atom. The van der Waals surface area contributed by atoms with Crippen LogP contribution in [0, 0.1) is 4.77 Å². The zero-order valence-corrected chi connectivity index (χ0v) is 89.1. The Morgan fingerprint density at radius 1 is 0.408 bits per heavy atom. The van der Waals surface area contributed by atoms with E-state index in [-0.39, 0.29) is 56.7 Å². The first kappa shape index (κ1) is 127. The molecule has 5 saturated heterocycles. The van der Waals surface area contributed by atoms with E-state index in [1.54, 1.807) is 12.4 Å². The summed E-state index contributed by atoms with van der Waals surface area (Å²) in [4.78, 5) is 177. The summed E-state index contributed by atoms with van der Waals surface area (Å²) in [7, 11) is 2.54. The van der Waals surface area contributed by atoms with Gasteiger partial charge in [0.15, 0.2) is 35.9 Å². The summed E-state index contributed by atoms with van der Waals surface area (Å²) in [6, 6.07) is 0. The van der Waals surface area contributed by atoms with Crippen molar-refractivity contribution < 1.29 is 143 Å². The molecule has 0 aromatic carbocycles. The minimum Gasteiger partial charge on any atom is -0.459 e. The molecule has 0 bridgehead atoms. The van der Waals surface area contributed by atoms with E-state index in [0.29, 0.717) is 56.2 Å². The number of ether oxygens (including phenoxy) is 6. The second-order valence-electron chi connectivity index (χ2n) is 40.5. The fourth-order valence-corrected chi connectivity index (χ4v) is 20.1. The summed E-state index contributed by atoms with van der Waals surface area (Å²) in [5.74, 6) is -7.99. The number of aromatic amines is 5. The Bertz CT molecular complexity index is 6370. The number of Topliss-reactive ketones (excluding diaryl/α,β-unsaturated/α-hetero) is 1. The molecule has 147 heavy (non-hydrogen) atoms. The van der Waals surface area contributed by atoms with Gasteiger partial charge in [0, 0.05) is 68.8 Å². The zero-order valence-electron chi connectivity index (χ0n) is 83.8. The molecule has 5 aliphatic rings. The van der Waals surface area contributed by atoms with Crippen molar-refractivity contribution in [2.24, 2.45) is 0 Å². The normalized spacial score (nSPS) is 24.9. The predicted octanol–water partition coefficient (Wildman–Crippen LogP) is -1.03. The van der Waals surface area contributed by atoms with Crippen molar-refractivity contribution in [1.29, 1.82) is 0 Å². The molecular weight excluding hydrogens is 2090 g/mol. The van der Waals surface area contributed by atoms with Crippen LogP contribution < -0.4 is 66.5 Å². The van der Waals surface area contributed by atoms with Crippen molar-refractivity contribution in [3.63, 3.8) is 0 Å². The molecule has 5 aliphatic heterocycles. The molecule has 60 heteroatoms. The molecule has 20 atom stereocenters. The number of aliphatic hydroxyl groups is 10. The average molecular weight is 2230 g/mol. The van der Waals surface area contributed by atoms with Crippen LogP contribution in [0.3, 0.4) is 0 Å². The Kier molecular flexibility index (Phi) is 44.8. The van der Waals surface area contributed by atoms with E-state index in [1.165, 1.54) is 40.1 Å². The number of esters is 1. The highest BCUT2D eigenvalue weighted by Gasteiger charge is 2.51. The number of nitrogens with one attached hydrogen (secondary N) is 8. The van der Waals surface area contributed by atoms with Crippen LogP contribution in [-0.4, -0.2) is 410 Å². The van der Waals surface area contributed by atoms with Crippen molar-refractivity contribution in [2.45, 2.75) is 239 Å². The highest BCUT2D eigenvalue weighted by Crippen LogP contribution is 2.45. The van der Waals surface area contributed by atoms with Gasteiger partial charge in [-0.2, -0.15) is 39.5 Å². The molecule has 0 spiro atoms. The maximum Gasteiger partial charge on any atom is 0.471 e. The SMILES string of the molecule is C=P(C)(C)CC[C@H]1O[C@@H](n2cc(CN(C)C(=O)C(F)(F)F)c(=O)[nH]c2=O)[C@H](O)[C@@H]1O.C=P(C)(C)CC[C@H]1O[C@@H](n2cc(CN(CC(=O)OC(C)(C)C)C(=O)C(F)(F)F)c(=O)[nH]c2=O)[C@H](O)[C@@H]1O.C=P(C)(C)CC[C@H]1O[C@@H](n2cc(CNC(=O)C(F)(F)F)c(=O)[nH]c2=S)[C@H](O)[C@@H]1O.C=P(C)(C)CC[C@H]1O[C@@H](n2cc(CNC)c(=O)[nH]c2=O)[C@H](O)[C@@H]1O.C=P(C)(C)CC[C@H]1O[C@@H](n2cc(CNCC(C)=O)c(=O)[nH]c2=O)[C@H](O)[C@@H]1O. The van der Waals surface area contributed by atoms with E-state index in [4.69, 9.17) is 40.6 Å². The topological polar surface area (TPSA) is 643 Å². The lowest BCUT2D eigenvalue weighted by Gasteiger charge is -2.26. The number of aromatic nitrogens is 10. The third-order valence-corrected chi connectivity index (χ3v) is 30.4. The summed E-state index contributed by atoms with van der Waals surface area (Å²) in [5, 5.41) is 110. The van der Waals surface area contributed by atoms with Gasteiger partial charge in [0.2, 0.25) is 0 Å². The number of rotatable bonds is 34. The average Bonchev–Trinajstić information content (AvgIpc) is 1.67. The number of amides is 3. The first-order chi connectivity index (χ1) is 67.1. The number of H-pyrrole nitrogens is 5. The quantitative estimate of drug-likeness (QED) is 0.0101. The van der Waals surface area contributed by atoms with E-state index in [9.17, 15) is 158 Å². The third kappa shape index (κ3) is 37.8. The van der Waals surface area contributed by atoms with Gasteiger partial charge in [-0.15, -0.1) is 65.9 Å². The number of alkyl halides is 9. The largest absolute Gasteiger partial charge is 0.471 e. The summed E-state index contributed by atoms with van der Waals surface area (Å²) >= 11 is 5.05. The van der Waals surface area contributed by atoms with Gasteiger partial charge in [-0.3, -0.25) is 95.7 Å². The van der Waals surface area contributed by atoms with Gasteiger partial charge in [0.25, 0.3) is 27.8 Å². The van der Waals surface area contributed by atoms with Gasteiger partial charge in [-0.05, 0) is 177 Å². The fourth-order valence-electron chi connectivity index (χ4n) is 15.1. The summed E-state index contributed by atoms with van der Waals surface area (Å²) in [6.45, 7) is 16.0. The van der Waals surface area contributed by atoms with Gasteiger partial charge >= 0.3 is 65.0 Å². The first-order valence-corrected chi connectivity index (χ1v) is 61.1. The van der Waals surface area contributed by atoms with Gasteiger partial charge in [-0.1, -0.05) is 0 Å². The summed E-state index contributed by atoms with van der Waals surface area (Å²) in [5.41, 5.74) is -8.95. The Labute approximate surface area is 841 Å². The van der Waals surface area contributed by atoms with Crippen molar-refractivity contribution in [1.82, 2.24) is 73.5 Å². The smallest absolute Gasteiger partial charge is 0.459 e. The minimum absolute atomic E-state index is 0.0665. The number of ketones is 1. The highest BCUT2D eigenvalue weighted by molar-refractivity contribution is 7.73. The van der Waals surface area contributed by atoms with Crippen LogP contribution in [0.1, 0.15) is 119 Å². The van der Waals surface area contributed by atoms with Crippen LogP contribution in [0.5, 0.6) is 0 Å². The predicted molar refractivity (Wildman–Crippen MR) is 541 cm³/mol. The van der Waals surface area contributed by atoms with Crippen LogP contribution in [0.2, 0.25) is 0 Å². The molecular formula is C87H135F9N15O30P5S. The van der Waals surface area contributed by atoms with Crippen molar-refractivity contribution in [2.75, 3.05) is 125 Å². The fraction of sp³-hybridized carbons (Fsp3) is 0.655. The van der Waals surface area contributed by atoms with E-state index in [2.05, 4.69) is 83.7 Å². The monoisotopic (exact) mass is 2230 g/mol. The summed E-state index contributed by atoms with van der Waals surface area (Å²) in [6.07, 6.45) is -6.69. The molecule has 18 N–H and O–H groups in total. The Balaban J connectivity index is 0.000000283. The molecule has 0 unspecified atom stereocenters. The lowest BCUT2D eigenvalue weighted by molar-refractivity contribution is -0.188. The molecule has 5 fully saturated rings. The first-order valence-electron chi connectivity index (χ1n) is 45.4. The van der Waals surface area contributed by atoms with Crippen molar-refractivity contribution in [3.8, 4) is 0 Å². The van der Waals surface area contributed by atoms with E-state index < -0.39 is 287 Å². The maximum atomic E-state index is 13.2. The number of halogens is 9. The minimum atomic E-state index is -5.37. The number of hydrogen-bond acceptors (Lipinski definition) is 33. The van der Waals surface area contributed by atoms with Crippen molar-refractivity contribution >= 4 is 108 Å². The molecule has 0 radical (unpaired) electrons. The lowest BCUT2D eigenvalue weighted by atomic mass is 10.1. The Hall–Kier alpha value is -8.44.